The molecular formula is C67H125NO13. The molecule has 2 fully saturated rings. The van der Waals surface area contributed by atoms with Crippen LogP contribution in [0.15, 0.2) is 36.5 Å². The van der Waals surface area contributed by atoms with Gasteiger partial charge in [0, 0.05) is 6.42 Å². The van der Waals surface area contributed by atoms with Crippen molar-refractivity contribution >= 4 is 5.91 Å². The number of unbranched alkanes of at least 4 members (excludes halogenated alkanes) is 38. The zero-order valence-corrected chi connectivity index (χ0v) is 51.5. The Balaban J connectivity index is 1.71. The van der Waals surface area contributed by atoms with E-state index in [0.717, 1.165) is 32.1 Å². The van der Waals surface area contributed by atoms with Crippen molar-refractivity contribution < 1.29 is 64.6 Å². The summed E-state index contributed by atoms with van der Waals surface area (Å²) >= 11 is 0. The van der Waals surface area contributed by atoms with Crippen LogP contribution in [0.5, 0.6) is 0 Å². The fourth-order valence-electron chi connectivity index (χ4n) is 11.1. The summed E-state index contributed by atoms with van der Waals surface area (Å²) in [6, 6.07) is -0.933. The van der Waals surface area contributed by atoms with Crippen molar-refractivity contribution in [3.63, 3.8) is 0 Å². The van der Waals surface area contributed by atoms with Crippen LogP contribution in [0.25, 0.3) is 0 Å². The average Bonchev–Trinajstić information content (AvgIpc) is 3.63. The Labute approximate surface area is 493 Å². The normalized spacial score (nSPS) is 24.3. The van der Waals surface area contributed by atoms with Gasteiger partial charge in [-0.05, 0) is 57.8 Å². The van der Waals surface area contributed by atoms with E-state index in [2.05, 4.69) is 43.5 Å². The average molecular weight is 1150 g/mol. The molecule has 14 heteroatoms. The second-order valence-electron chi connectivity index (χ2n) is 23.9. The smallest absolute Gasteiger partial charge is 0.220 e. The summed E-state index contributed by atoms with van der Waals surface area (Å²) in [4.78, 5) is 13.3. The quantitative estimate of drug-likeness (QED) is 0.0204. The minimum atomic E-state index is -1.79. The number of aliphatic hydroxyl groups excluding tert-OH is 8. The number of hydrogen-bond acceptors (Lipinski definition) is 13. The molecule has 0 spiro atoms. The lowest BCUT2D eigenvalue weighted by Crippen LogP contribution is -2.65. The lowest BCUT2D eigenvalue weighted by Gasteiger charge is -2.46. The summed E-state index contributed by atoms with van der Waals surface area (Å²) in [7, 11) is 0. The molecule has 2 rings (SSSR count). The molecule has 0 aromatic rings. The molecule has 12 atom stereocenters. The van der Waals surface area contributed by atoms with Gasteiger partial charge in [-0.15, -0.1) is 0 Å². The molecule has 0 aromatic carbocycles. The van der Waals surface area contributed by atoms with E-state index in [-0.39, 0.29) is 18.9 Å². The zero-order chi connectivity index (χ0) is 58.8. The van der Waals surface area contributed by atoms with Crippen LogP contribution in [0, 0.1) is 0 Å². The van der Waals surface area contributed by atoms with Crippen molar-refractivity contribution in [3.05, 3.63) is 36.5 Å². The molecular weight excluding hydrogens is 1030 g/mol. The molecule has 0 saturated carbocycles. The monoisotopic (exact) mass is 1150 g/mol. The number of amides is 1. The predicted molar refractivity (Wildman–Crippen MR) is 328 cm³/mol. The maximum Gasteiger partial charge on any atom is 0.220 e. The molecule has 0 radical (unpaired) electrons. The lowest BCUT2D eigenvalue weighted by atomic mass is 9.97. The molecule has 0 aliphatic carbocycles. The van der Waals surface area contributed by atoms with Gasteiger partial charge < -0.3 is 65.1 Å². The van der Waals surface area contributed by atoms with Gasteiger partial charge >= 0.3 is 0 Å². The van der Waals surface area contributed by atoms with Crippen LogP contribution in [-0.2, 0) is 23.7 Å². The minimum Gasteiger partial charge on any atom is -0.394 e. The van der Waals surface area contributed by atoms with Gasteiger partial charge in [0.1, 0.15) is 48.8 Å². The van der Waals surface area contributed by atoms with Gasteiger partial charge in [0.25, 0.3) is 0 Å². The Morgan fingerprint density at radius 1 is 0.432 bits per heavy atom. The summed E-state index contributed by atoms with van der Waals surface area (Å²) < 4.78 is 22.8. The van der Waals surface area contributed by atoms with Gasteiger partial charge in [-0.25, -0.2) is 0 Å². The predicted octanol–water partition coefficient (Wildman–Crippen LogP) is 13.0. The number of allylic oxidation sites excluding steroid dienone is 5. The van der Waals surface area contributed by atoms with Crippen LogP contribution in [0.1, 0.15) is 290 Å². The summed E-state index contributed by atoms with van der Waals surface area (Å²) in [6.45, 7) is 2.81. The van der Waals surface area contributed by atoms with Gasteiger partial charge in [-0.1, -0.05) is 262 Å². The van der Waals surface area contributed by atoms with Crippen molar-refractivity contribution in [1.82, 2.24) is 5.32 Å². The maximum absolute atomic E-state index is 13.3. The highest BCUT2D eigenvalue weighted by Crippen LogP contribution is 2.30. The molecule has 14 nitrogen and oxygen atoms in total. The fraction of sp³-hybridized carbons (Fsp3) is 0.896. The first kappa shape index (κ1) is 75.3. The Bertz CT molecular complexity index is 1500. The molecule has 2 aliphatic rings. The van der Waals surface area contributed by atoms with Gasteiger partial charge in [0.2, 0.25) is 5.91 Å². The molecule has 2 saturated heterocycles. The maximum atomic E-state index is 13.3. The Hall–Kier alpha value is -1.79. The summed E-state index contributed by atoms with van der Waals surface area (Å²) in [5.74, 6) is -0.248. The number of carbonyl (C=O) groups excluding carboxylic acids is 1. The first-order valence-electron chi connectivity index (χ1n) is 33.7. The molecule has 2 heterocycles. The molecule has 1 amide bonds. The molecule has 81 heavy (non-hydrogen) atoms. The summed E-state index contributed by atoms with van der Waals surface area (Å²) in [5, 5.41) is 87.3. The van der Waals surface area contributed by atoms with Crippen molar-refractivity contribution in [1.29, 1.82) is 0 Å². The Morgan fingerprint density at radius 3 is 1.21 bits per heavy atom. The molecule has 12 unspecified atom stereocenters. The zero-order valence-electron chi connectivity index (χ0n) is 51.5. The number of carbonyl (C=O) groups is 1. The van der Waals surface area contributed by atoms with E-state index in [4.69, 9.17) is 18.9 Å². The topological polar surface area (TPSA) is 228 Å². The summed E-state index contributed by atoms with van der Waals surface area (Å²) in [6.07, 6.45) is 49.1. The Morgan fingerprint density at radius 2 is 0.790 bits per heavy atom. The van der Waals surface area contributed by atoms with Crippen molar-refractivity contribution in [3.8, 4) is 0 Å². The minimum absolute atomic E-state index is 0.248. The number of ether oxygens (including phenoxy) is 4. The van der Waals surface area contributed by atoms with E-state index in [1.54, 1.807) is 6.08 Å². The standard InChI is InChI=1S/C67H125NO13/c1-3-5-7-9-11-13-15-17-19-21-23-24-25-26-27-28-29-30-31-33-34-36-38-40-42-44-46-48-50-56(71)55(68-59(72)51-49-47-45-43-41-39-37-35-32-22-20-18-16-14-12-10-8-6-4-2)54-78-66-64(77)62(75)65(58(53-70)80-66)81-67-63(76)61(74)60(73)57(52-69)79-67/h18,20,40,42,48,50,55-58,60-67,69-71,73-77H,3-17,19,21-39,41,43-47,49,51-54H2,1-2H3,(H,68,72)/b20-18-,42-40+,50-48+. The number of rotatable bonds is 55. The third-order valence-electron chi connectivity index (χ3n) is 16.5. The van der Waals surface area contributed by atoms with E-state index in [1.165, 1.54) is 225 Å². The molecule has 0 bridgehead atoms. The molecule has 2 aliphatic heterocycles. The fourth-order valence-corrected chi connectivity index (χ4v) is 11.1. The molecule has 476 valence electrons. The highest BCUT2D eigenvalue weighted by molar-refractivity contribution is 5.76. The van der Waals surface area contributed by atoms with Crippen LogP contribution < -0.4 is 5.32 Å². The highest BCUT2D eigenvalue weighted by atomic mass is 16.7. The second kappa shape index (κ2) is 52.5. The van der Waals surface area contributed by atoms with E-state index >= 15 is 0 Å². The number of hydrogen-bond donors (Lipinski definition) is 9. The van der Waals surface area contributed by atoms with Crippen LogP contribution >= 0.6 is 0 Å². The van der Waals surface area contributed by atoms with E-state index in [0.29, 0.717) is 12.8 Å². The lowest BCUT2D eigenvalue weighted by molar-refractivity contribution is -0.359. The first-order chi connectivity index (χ1) is 39.6. The molecule has 0 aromatic heterocycles. The molecule has 9 N–H and O–H groups in total. The second-order valence-corrected chi connectivity index (χ2v) is 23.9. The third kappa shape index (κ3) is 37.4. The number of nitrogens with one attached hydrogen (secondary N) is 1. The van der Waals surface area contributed by atoms with Gasteiger partial charge in [-0.2, -0.15) is 0 Å². The summed E-state index contributed by atoms with van der Waals surface area (Å²) in [5.41, 5.74) is 0. The van der Waals surface area contributed by atoms with E-state index in [9.17, 15) is 45.6 Å². The largest absolute Gasteiger partial charge is 0.394 e. The van der Waals surface area contributed by atoms with Crippen molar-refractivity contribution in [2.24, 2.45) is 0 Å². The van der Waals surface area contributed by atoms with Crippen LogP contribution in [0.3, 0.4) is 0 Å². The van der Waals surface area contributed by atoms with Crippen LogP contribution in [-0.4, -0.2) is 140 Å². The number of aliphatic hydroxyl groups is 8. The van der Waals surface area contributed by atoms with Crippen LogP contribution in [0.2, 0.25) is 0 Å². The SMILES string of the molecule is CCCCCCCC/C=C\CCCCCCCCCCCC(=O)NC(COC1OC(CO)C(OC2OC(CO)C(O)C(O)C2O)C(O)C1O)C(O)/C=C/CC/C=C/CCCCCCCCCCCCCCCCCCCCCCCC. The van der Waals surface area contributed by atoms with Gasteiger partial charge in [-0.3, -0.25) is 4.79 Å². The van der Waals surface area contributed by atoms with Crippen molar-refractivity contribution in [2.75, 3.05) is 19.8 Å². The highest BCUT2D eigenvalue weighted by Gasteiger charge is 2.51. The Kier molecular flexibility index (Phi) is 48.8. The first-order valence-corrected chi connectivity index (χ1v) is 33.7. The van der Waals surface area contributed by atoms with Gasteiger partial charge in [0.05, 0.1) is 32.0 Å². The van der Waals surface area contributed by atoms with Crippen LogP contribution in [0.4, 0.5) is 0 Å². The van der Waals surface area contributed by atoms with Crippen molar-refractivity contribution in [2.45, 2.75) is 364 Å². The van der Waals surface area contributed by atoms with E-state index in [1.807, 2.05) is 6.08 Å². The third-order valence-corrected chi connectivity index (χ3v) is 16.5. The van der Waals surface area contributed by atoms with E-state index < -0.39 is 86.8 Å². The van der Waals surface area contributed by atoms with Gasteiger partial charge in [0.15, 0.2) is 12.6 Å².